The van der Waals surface area contributed by atoms with Gasteiger partial charge in [0.1, 0.15) is 0 Å². The van der Waals surface area contributed by atoms with Crippen molar-refractivity contribution in [2.75, 3.05) is 0 Å². The third kappa shape index (κ3) is 2.91. The van der Waals surface area contributed by atoms with Crippen LogP contribution in [-0.4, -0.2) is 0 Å². The van der Waals surface area contributed by atoms with E-state index < -0.39 is 0 Å². The van der Waals surface area contributed by atoms with Crippen molar-refractivity contribution in [3.05, 3.63) is 37.0 Å². The highest BCUT2D eigenvalue weighted by atomic mass is 14.2. The molecule has 0 unspecified atom stereocenters. The third-order valence-electron chi connectivity index (χ3n) is 1.60. The Labute approximate surface area is 69.3 Å². The molecule has 0 nitrogen and oxygen atoms in total. The fraction of sp³-hybridized carbons (Fsp3) is 0.273. The highest BCUT2D eigenvalue weighted by Crippen LogP contribution is 2.24. The highest BCUT2D eigenvalue weighted by molar-refractivity contribution is 5.31. The van der Waals surface area contributed by atoms with E-state index in [4.69, 9.17) is 6.42 Å². The van der Waals surface area contributed by atoms with Gasteiger partial charge in [0.05, 0.1) is 0 Å². The zero-order chi connectivity index (χ0) is 8.91. The Hall–Kier alpha value is -1.22. The molecule has 0 fully saturated rings. The Kier molecular flexibility index (Phi) is 3.40. The predicted molar refractivity (Wildman–Crippen MR) is 51.1 cm³/mol. The Balaban J connectivity index is 4.40. The molecular weight excluding hydrogens is 132 g/mol. The summed E-state index contributed by atoms with van der Waals surface area (Å²) in [5.41, 5.74) is 0.680. The summed E-state index contributed by atoms with van der Waals surface area (Å²) in [4.78, 5) is 0. The standard InChI is InChI=1S/C11H14/c1-6-8-9-10(3)11(4,5)7-2/h2,6,8-9H,1,3H2,4-5H3/b9-8-. The van der Waals surface area contributed by atoms with Gasteiger partial charge in [-0.1, -0.05) is 37.3 Å². The van der Waals surface area contributed by atoms with Gasteiger partial charge in [0.25, 0.3) is 0 Å². The monoisotopic (exact) mass is 146 g/mol. The minimum atomic E-state index is -0.250. The van der Waals surface area contributed by atoms with E-state index in [1.807, 2.05) is 26.0 Å². The molecule has 0 heteroatoms. The summed E-state index contributed by atoms with van der Waals surface area (Å²) in [5, 5.41) is 0. The van der Waals surface area contributed by atoms with Crippen LogP contribution >= 0.6 is 0 Å². The second-order valence-corrected chi connectivity index (χ2v) is 2.89. The van der Waals surface area contributed by atoms with Gasteiger partial charge in [0.2, 0.25) is 0 Å². The van der Waals surface area contributed by atoms with Crippen LogP contribution in [0, 0.1) is 17.8 Å². The van der Waals surface area contributed by atoms with E-state index in [-0.39, 0.29) is 5.41 Å². The van der Waals surface area contributed by atoms with E-state index in [1.165, 1.54) is 0 Å². The van der Waals surface area contributed by atoms with Crippen molar-refractivity contribution >= 4 is 0 Å². The Morgan fingerprint density at radius 1 is 1.55 bits per heavy atom. The minimum absolute atomic E-state index is 0.250. The molecular formula is C11H14. The molecule has 58 valence electrons. The lowest BCUT2D eigenvalue weighted by atomic mass is 9.86. The first-order chi connectivity index (χ1) is 5.04. The van der Waals surface area contributed by atoms with E-state index in [2.05, 4.69) is 19.1 Å². The molecule has 0 saturated carbocycles. The van der Waals surface area contributed by atoms with Gasteiger partial charge in [-0.15, -0.1) is 6.42 Å². The molecule has 11 heavy (non-hydrogen) atoms. The van der Waals surface area contributed by atoms with Crippen LogP contribution in [0.3, 0.4) is 0 Å². The zero-order valence-corrected chi connectivity index (χ0v) is 7.22. The second-order valence-electron chi connectivity index (χ2n) is 2.89. The molecule has 0 saturated heterocycles. The average molecular weight is 146 g/mol. The summed E-state index contributed by atoms with van der Waals surface area (Å²) < 4.78 is 0. The largest absolute Gasteiger partial charge is 0.119 e. The van der Waals surface area contributed by atoms with Gasteiger partial charge in [-0.25, -0.2) is 0 Å². The topological polar surface area (TPSA) is 0 Å². The van der Waals surface area contributed by atoms with Gasteiger partial charge >= 0.3 is 0 Å². The number of allylic oxidation sites excluding steroid dienone is 4. The van der Waals surface area contributed by atoms with Gasteiger partial charge < -0.3 is 0 Å². The van der Waals surface area contributed by atoms with Crippen LogP contribution in [0.25, 0.3) is 0 Å². The maximum Gasteiger partial charge on any atom is 0.0498 e. The van der Waals surface area contributed by atoms with Crippen molar-refractivity contribution < 1.29 is 0 Å². The molecule has 0 aromatic rings. The van der Waals surface area contributed by atoms with E-state index in [9.17, 15) is 0 Å². The van der Waals surface area contributed by atoms with Crippen LogP contribution in [0.5, 0.6) is 0 Å². The molecule has 0 amide bonds. The van der Waals surface area contributed by atoms with Gasteiger partial charge in [0.15, 0.2) is 0 Å². The SMILES string of the molecule is C#CC(C)(C)C(=C)/C=C\C=C. The van der Waals surface area contributed by atoms with Crippen molar-refractivity contribution in [3.63, 3.8) is 0 Å². The Bertz CT molecular complexity index is 221. The molecule has 0 N–H and O–H groups in total. The summed E-state index contributed by atoms with van der Waals surface area (Å²) in [6.45, 7) is 11.3. The third-order valence-corrected chi connectivity index (χ3v) is 1.60. The van der Waals surface area contributed by atoms with Crippen LogP contribution in [0.15, 0.2) is 37.0 Å². The number of terminal acetylenes is 1. The molecule has 0 aliphatic rings. The van der Waals surface area contributed by atoms with Crippen molar-refractivity contribution in [2.24, 2.45) is 5.41 Å². The number of rotatable bonds is 3. The number of hydrogen-bond acceptors (Lipinski definition) is 0. The van der Waals surface area contributed by atoms with Crippen molar-refractivity contribution in [3.8, 4) is 12.3 Å². The molecule has 0 bridgehead atoms. The molecule has 0 rings (SSSR count). The summed E-state index contributed by atoms with van der Waals surface area (Å²) in [7, 11) is 0. The lowest BCUT2D eigenvalue weighted by molar-refractivity contribution is 0.626. The van der Waals surface area contributed by atoms with E-state index in [0.29, 0.717) is 0 Å². The van der Waals surface area contributed by atoms with Crippen LogP contribution in [0.1, 0.15) is 13.8 Å². The molecule has 0 aliphatic carbocycles. The van der Waals surface area contributed by atoms with Gasteiger partial charge in [0, 0.05) is 5.41 Å². The lowest BCUT2D eigenvalue weighted by Crippen LogP contribution is -2.08. The van der Waals surface area contributed by atoms with Crippen LogP contribution < -0.4 is 0 Å². The second kappa shape index (κ2) is 3.83. The lowest BCUT2D eigenvalue weighted by Gasteiger charge is -2.17. The van der Waals surface area contributed by atoms with Gasteiger partial charge in [-0.05, 0) is 19.4 Å². The summed E-state index contributed by atoms with van der Waals surface area (Å²) in [5.74, 6) is 2.66. The molecule has 0 aliphatic heterocycles. The van der Waals surface area contributed by atoms with E-state index in [1.54, 1.807) is 6.08 Å². The Morgan fingerprint density at radius 2 is 2.09 bits per heavy atom. The smallest absolute Gasteiger partial charge is 0.0498 e. The van der Waals surface area contributed by atoms with Crippen LogP contribution in [-0.2, 0) is 0 Å². The molecule has 0 radical (unpaired) electrons. The van der Waals surface area contributed by atoms with Crippen LogP contribution in [0.4, 0.5) is 0 Å². The van der Waals surface area contributed by atoms with Gasteiger partial charge in [-0.3, -0.25) is 0 Å². The minimum Gasteiger partial charge on any atom is -0.119 e. The van der Waals surface area contributed by atoms with Crippen LogP contribution in [0.2, 0.25) is 0 Å². The van der Waals surface area contributed by atoms with E-state index in [0.717, 1.165) is 5.57 Å². The average Bonchev–Trinajstić information content (AvgIpc) is 2.00. The van der Waals surface area contributed by atoms with Crippen molar-refractivity contribution in [2.45, 2.75) is 13.8 Å². The molecule has 0 spiro atoms. The van der Waals surface area contributed by atoms with E-state index >= 15 is 0 Å². The van der Waals surface area contributed by atoms with Gasteiger partial charge in [-0.2, -0.15) is 0 Å². The summed E-state index contributed by atoms with van der Waals surface area (Å²) in [6.07, 6.45) is 10.7. The maximum atomic E-state index is 5.31. The number of hydrogen-bond donors (Lipinski definition) is 0. The van der Waals surface area contributed by atoms with Crippen molar-refractivity contribution in [1.29, 1.82) is 0 Å². The summed E-state index contributed by atoms with van der Waals surface area (Å²) in [6, 6.07) is 0. The fourth-order valence-corrected chi connectivity index (χ4v) is 0.485. The zero-order valence-electron chi connectivity index (χ0n) is 7.22. The normalized spacial score (nSPS) is 11.0. The predicted octanol–water partition coefficient (Wildman–Crippen LogP) is 2.94. The molecule has 0 aromatic carbocycles. The molecule has 0 atom stereocenters. The highest BCUT2D eigenvalue weighted by Gasteiger charge is 2.15. The molecule has 0 aromatic heterocycles. The fourth-order valence-electron chi connectivity index (χ4n) is 0.485. The first-order valence-corrected chi connectivity index (χ1v) is 3.51. The summed E-state index contributed by atoms with van der Waals surface area (Å²) >= 11 is 0. The quantitative estimate of drug-likeness (QED) is 0.424. The first kappa shape index (κ1) is 9.78. The Morgan fingerprint density at radius 3 is 2.45 bits per heavy atom. The molecule has 0 heterocycles. The maximum absolute atomic E-state index is 5.31. The van der Waals surface area contributed by atoms with Crippen molar-refractivity contribution in [1.82, 2.24) is 0 Å². The first-order valence-electron chi connectivity index (χ1n) is 3.51.